The molecule has 1 aromatic heterocycles. The first kappa shape index (κ1) is 20.3. The van der Waals surface area contributed by atoms with Crippen molar-refractivity contribution in [1.29, 1.82) is 5.26 Å². The maximum absolute atomic E-state index is 8.87. The Labute approximate surface area is 176 Å². The van der Waals surface area contributed by atoms with Crippen LogP contribution in [0.1, 0.15) is 23.1 Å². The van der Waals surface area contributed by atoms with E-state index in [1.807, 2.05) is 54.7 Å². The summed E-state index contributed by atoms with van der Waals surface area (Å²) < 4.78 is 17.2. The summed E-state index contributed by atoms with van der Waals surface area (Å²) in [4.78, 5) is 4.43. The first-order chi connectivity index (χ1) is 14.7. The average Bonchev–Trinajstić information content (AvgIpc) is 2.82. The van der Waals surface area contributed by atoms with Crippen LogP contribution in [0.4, 0.5) is 0 Å². The van der Waals surface area contributed by atoms with E-state index in [1.165, 1.54) is 5.56 Å². The normalized spacial score (nSPS) is 18.8. The molecule has 0 amide bonds. The van der Waals surface area contributed by atoms with Gasteiger partial charge in [-0.05, 0) is 53.9 Å². The van der Waals surface area contributed by atoms with Gasteiger partial charge in [-0.15, -0.1) is 0 Å². The number of nitrogens with zero attached hydrogens (tertiary/aromatic N) is 2. The number of aromatic nitrogens is 1. The van der Waals surface area contributed by atoms with Gasteiger partial charge >= 0.3 is 0 Å². The highest BCUT2D eigenvalue weighted by atomic mass is 16.7. The van der Waals surface area contributed by atoms with E-state index in [2.05, 4.69) is 16.4 Å². The van der Waals surface area contributed by atoms with Crippen LogP contribution in [-0.4, -0.2) is 37.6 Å². The van der Waals surface area contributed by atoms with Crippen molar-refractivity contribution in [3.8, 4) is 11.8 Å². The molecule has 0 saturated carbocycles. The number of nitriles is 1. The van der Waals surface area contributed by atoms with Crippen LogP contribution in [0.15, 0.2) is 54.7 Å². The summed E-state index contributed by atoms with van der Waals surface area (Å²) in [6.45, 7) is 1.95. The Morgan fingerprint density at radius 2 is 1.93 bits per heavy atom. The third-order valence-electron chi connectivity index (χ3n) is 5.33. The number of methoxy groups -OCH3 is 1. The highest BCUT2D eigenvalue weighted by molar-refractivity contribution is 5.83. The Morgan fingerprint density at radius 3 is 2.67 bits per heavy atom. The molecule has 0 bridgehead atoms. The number of nitrogens with one attached hydrogen (secondary N) is 1. The SMILES string of the molecule is COc1ccc2nccc(CCC3OCC(NCc4ccc(C#N)cc4)CO3)c2c1. The largest absolute Gasteiger partial charge is 0.497 e. The molecular formula is C24H25N3O3. The number of fused-ring (bicyclic) bond motifs is 1. The lowest BCUT2D eigenvalue weighted by molar-refractivity contribution is -0.192. The fourth-order valence-corrected chi connectivity index (χ4v) is 3.59. The van der Waals surface area contributed by atoms with E-state index in [-0.39, 0.29) is 12.3 Å². The summed E-state index contributed by atoms with van der Waals surface area (Å²) in [5.74, 6) is 0.832. The Balaban J connectivity index is 1.26. The topological polar surface area (TPSA) is 76.4 Å². The molecule has 1 aliphatic rings. The molecule has 6 heteroatoms. The van der Waals surface area contributed by atoms with Crippen molar-refractivity contribution in [3.05, 3.63) is 71.4 Å². The summed E-state index contributed by atoms with van der Waals surface area (Å²) >= 11 is 0. The van der Waals surface area contributed by atoms with Crippen molar-refractivity contribution in [2.75, 3.05) is 20.3 Å². The standard InChI is InChI=1S/C24H25N3O3/c1-28-21-7-8-23-22(12-21)19(10-11-26-23)6-9-24-29-15-20(16-30-24)27-14-18-4-2-17(13-25)3-5-18/h2-5,7-8,10-12,20,24,27H,6,9,14-16H2,1H3. The number of benzene rings is 2. The molecule has 0 atom stereocenters. The fraction of sp³-hybridized carbons (Fsp3) is 0.333. The summed E-state index contributed by atoms with van der Waals surface area (Å²) in [5, 5.41) is 13.4. The molecule has 154 valence electrons. The quantitative estimate of drug-likeness (QED) is 0.650. The van der Waals surface area contributed by atoms with E-state index in [1.54, 1.807) is 7.11 Å². The van der Waals surface area contributed by atoms with Crippen LogP contribution in [0.2, 0.25) is 0 Å². The highest BCUT2D eigenvalue weighted by Crippen LogP contribution is 2.24. The molecule has 0 radical (unpaired) electrons. The van der Waals surface area contributed by atoms with Gasteiger partial charge in [0.1, 0.15) is 5.75 Å². The van der Waals surface area contributed by atoms with Gasteiger partial charge < -0.3 is 19.5 Å². The van der Waals surface area contributed by atoms with Gasteiger partial charge in [0.15, 0.2) is 6.29 Å². The minimum atomic E-state index is -0.202. The molecule has 0 unspecified atom stereocenters. The first-order valence-electron chi connectivity index (χ1n) is 10.1. The molecule has 6 nitrogen and oxygen atoms in total. The van der Waals surface area contributed by atoms with Gasteiger partial charge in [-0.1, -0.05) is 12.1 Å². The van der Waals surface area contributed by atoms with E-state index in [4.69, 9.17) is 19.5 Å². The van der Waals surface area contributed by atoms with E-state index in [0.29, 0.717) is 18.8 Å². The van der Waals surface area contributed by atoms with E-state index in [0.717, 1.165) is 41.6 Å². The third-order valence-corrected chi connectivity index (χ3v) is 5.33. The van der Waals surface area contributed by atoms with Crippen molar-refractivity contribution in [2.24, 2.45) is 0 Å². The van der Waals surface area contributed by atoms with Gasteiger partial charge in [-0.3, -0.25) is 4.98 Å². The minimum Gasteiger partial charge on any atom is -0.497 e. The Bertz CT molecular complexity index is 1020. The van der Waals surface area contributed by atoms with Crippen LogP contribution in [0.25, 0.3) is 10.9 Å². The fourth-order valence-electron chi connectivity index (χ4n) is 3.59. The van der Waals surface area contributed by atoms with E-state index in [9.17, 15) is 0 Å². The second-order valence-corrected chi connectivity index (χ2v) is 7.37. The molecule has 1 N–H and O–H groups in total. The molecule has 1 saturated heterocycles. The second kappa shape index (κ2) is 9.68. The van der Waals surface area contributed by atoms with Crippen LogP contribution in [0.3, 0.4) is 0 Å². The number of hydrogen-bond donors (Lipinski definition) is 1. The molecule has 0 aliphatic carbocycles. The zero-order valence-electron chi connectivity index (χ0n) is 17.0. The molecule has 2 aromatic carbocycles. The van der Waals surface area contributed by atoms with Gasteiger partial charge in [0.2, 0.25) is 0 Å². The molecule has 3 aromatic rings. The predicted molar refractivity (Wildman–Crippen MR) is 114 cm³/mol. The Morgan fingerprint density at radius 1 is 1.13 bits per heavy atom. The van der Waals surface area contributed by atoms with Crippen molar-refractivity contribution < 1.29 is 14.2 Å². The molecule has 0 spiro atoms. The van der Waals surface area contributed by atoms with Gasteiger partial charge in [-0.2, -0.15) is 5.26 Å². The summed E-state index contributed by atoms with van der Waals surface area (Å²) in [6, 6.07) is 17.9. The molecule has 1 aliphatic heterocycles. The summed E-state index contributed by atoms with van der Waals surface area (Å²) in [7, 11) is 1.67. The van der Waals surface area contributed by atoms with Gasteiger partial charge in [0.05, 0.1) is 43.5 Å². The molecule has 30 heavy (non-hydrogen) atoms. The number of pyridine rings is 1. The number of hydrogen-bond acceptors (Lipinski definition) is 6. The van der Waals surface area contributed by atoms with E-state index < -0.39 is 0 Å². The van der Waals surface area contributed by atoms with Crippen LogP contribution >= 0.6 is 0 Å². The number of rotatable bonds is 7. The highest BCUT2D eigenvalue weighted by Gasteiger charge is 2.22. The maximum atomic E-state index is 8.87. The van der Waals surface area contributed by atoms with Gasteiger partial charge in [0, 0.05) is 24.5 Å². The van der Waals surface area contributed by atoms with Crippen LogP contribution in [0.5, 0.6) is 5.75 Å². The van der Waals surface area contributed by atoms with Gasteiger partial charge in [-0.25, -0.2) is 0 Å². The lowest BCUT2D eigenvalue weighted by atomic mass is 10.0. The summed E-state index contributed by atoms with van der Waals surface area (Å²) in [6.07, 6.45) is 3.28. The van der Waals surface area contributed by atoms with Crippen LogP contribution < -0.4 is 10.1 Å². The Kier molecular flexibility index (Phi) is 6.55. The molecule has 4 rings (SSSR count). The zero-order valence-corrected chi connectivity index (χ0v) is 17.0. The maximum Gasteiger partial charge on any atom is 0.158 e. The first-order valence-corrected chi connectivity index (χ1v) is 10.1. The molecule has 1 fully saturated rings. The van der Waals surface area contributed by atoms with Crippen LogP contribution in [-0.2, 0) is 22.4 Å². The van der Waals surface area contributed by atoms with Gasteiger partial charge in [0.25, 0.3) is 0 Å². The van der Waals surface area contributed by atoms with E-state index >= 15 is 0 Å². The molecular weight excluding hydrogens is 378 g/mol. The smallest absolute Gasteiger partial charge is 0.158 e. The second-order valence-electron chi connectivity index (χ2n) is 7.37. The lowest BCUT2D eigenvalue weighted by Crippen LogP contribution is -2.44. The van der Waals surface area contributed by atoms with Crippen molar-refractivity contribution in [1.82, 2.24) is 10.3 Å². The Hall–Kier alpha value is -2.98. The van der Waals surface area contributed by atoms with Crippen molar-refractivity contribution >= 4 is 10.9 Å². The lowest BCUT2D eigenvalue weighted by Gasteiger charge is -2.30. The van der Waals surface area contributed by atoms with Crippen molar-refractivity contribution in [2.45, 2.75) is 31.7 Å². The predicted octanol–water partition coefficient (Wildman–Crippen LogP) is 3.58. The molecule has 2 heterocycles. The minimum absolute atomic E-state index is 0.155. The third kappa shape index (κ3) is 4.95. The van der Waals surface area contributed by atoms with Crippen molar-refractivity contribution in [3.63, 3.8) is 0 Å². The zero-order chi connectivity index (χ0) is 20.8. The number of aryl methyl sites for hydroxylation is 1. The average molecular weight is 403 g/mol. The summed E-state index contributed by atoms with van der Waals surface area (Å²) in [5.41, 5.74) is 3.99. The monoisotopic (exact) mass is 403 g/mol. The number of ether oxygens (including phenoxy) is 3. The van der Waals surface area contributed by atoms with Crippen LogP contribution in [0, 0.1) is 11.3 Å².